The smallest absolute Gasteiger partial charge is 0.0413 e. The fourth-order valence-electron chi connectivity index (χ4n) is 1.61. The summed E-state index contributed by atoms with van der Waals surface area (Å²) in [6.45, 7) is 3.39. The SMILES string of the molecule is CC(CNC1CC1)Cc1ccc(Br)cn1. The Morgan fingerprint density at radius 2 is 2.33 bits per heavy atom. The predicted molar refractivity (Wildman–Crippen MR) is 65.8 cm³/mol. The second-order valence-corrected chi connectivity index (χ2v) is 5.38. The normalized spacial score (nSPS) is 17.7. The molecule has 1 N–H and O–H groups in total. The van der Waals surface area contributed by atoms with Crippen LogP contribution in [0.3, 0.4) is 0 Å². The second-order valence-electron chi connectivity index (χ2n) is 4.46. The number of hydrogen-bond donors (Lipinski definition) is 1. The van der Waals surface area contributed by atoms with Gasteiger partial charge in [0.25, 0.3) is 0 Å². The molecule has 1 saturated carbocycles. The third-order valence-electron chi connectivity index (χ3n) is 2.68. The van der Waals surface area contributed by atoms with Crippen molar-refractivity contribution < 1.29 is 0 Å². The van der Waals surface area contributed by atoms with E-state index >= 15 is 0 Å². The van der Waals surface area contributed by atoms with Crippen molar-refractivity contribution in [3.05, 3.63) is 28.5 Å². The van der Waals surface area contributed by atoms with Crippen LogP contribution < -0.4 is 5.32 Å². The Morgan fingerprint density at radius 1 is 1.53 bits per heavy atom. The van der Waals surface area contributed by atoms with Crippen LogP contribution in [0.2, 0.25) is 0 Å². The van der Waals surface area contributed by atoms with Gasteiger partial charge in [-0.05, 0) is 59.8 Å². The summed E-state index contributed by atoms with van der Waals surface area (Å²) in [4.78, 5) is 4.39. The lowest BCUT2D eigenvalue weighted by Gasteiger charge is -2.11. The van der Waals surface area contributed by atoms with Crippen LogP contribution in [0.1, 0.15) is 25.5 Å². The Hall–Kier alpha value is -0.410. The first-order valence-corrected chi connectivity index (χ1v) is 6.37. The topological polar surface area (TPSA) is 24.9 Å². The second kappa shape index (κ2) is 5.08. The lowest BCUT2D eigenvalue weighted by molar-refractivity contribution is 0.504. The van der Waals surface area contributed by atoms with Gasteiger partial charge in [-0.1, -0.05) is 6.92 Å². The zero-order chi connectivity index (χ0) is 10.7. The van der Waals surface area contributed by atoms with Gasteiger partial charge in [-0.3, -0.25) is 4.98 Å². The number of pyridine rings is 1. The van der Waals surface area contributed by atoms with Crippen molar-refractivity contribution in [2.75, 3.05) is 6.54 Å². The van der Waals surface area contributed by atoms with E-state index in [-0.39, 0.29) is 0 Å². The van der Waals surface area contributed by atoms with Crippen molar-refractivity contribution in [1.29, 1.82) is 0 Å². The van der Waals surface area contributed by atoms with Gasteiger partial charge in [0.2, 0.25) is 0 Å². The number of nitrogens with one attached hydrogen (secondary N) is 1. The minimum Gasteiger partial charge on any atom is -0.314 e. The molecule has 2 nitrogen and oxygen atoms in total. The highest BCUT2D eigenvalue weighted by Crippen LogP contribution is 2.19. The van der Waals surface area contributed by atoms with Crippen molar-refractivity contribution in [3.8, 4) is 0 Å². The minimum atomic E-state index is 0.666. The van der Waals surface area contributed by atoms with Gasteiger partial charge in [0, 0.05) is 22.4 Å². The van der Waals surface area contributed by atoms with Gasteiger partial charge >= 0.3 is 0 Å². The summed E-state index contributed by atoms with van der Waals surface area (Å²) in [5, 5.41) is 3.55. The molecule has 15 heavy (non-hydrogen) atoms. The van der Waals surface area contributed by atoms with Crippen LogP contribution in [0.4, 0.5) is 0 Å². The van der Waals surface area contributed by atoms with Crippen molar-refractivity contribution >= 4 is 15.9 Å². The quantitative estimate of drug-likeness (QED) is 0.889. The van der Waals surface area contributed by atoms with Crippen molar-refractivity contribution in [2.24, 2.45) is 5.92 Å². The highest BCUT2D eigenvalue weighted by atomic mass is 79.9. The van der Waals surface area contributed by atoms with Crippen LogP contribution in [0, 0.1) is 5.92 Å². The van der Waals surface area contributed by atoms with E-state index in [0.717, 1.165) is 23.5 Å². The van der Waals surface area contributed by atoms with E-state index < -0.39 is 0 Å². The predicted octanol–water partition coefficient (Wildman–Crippen LogP) is 2.77. The molecule has 1 unspecified atom stereocenters. The summed E-state index contributed by atoms with van der Waals surface area (Å²) < 4.78 is 1.05. The maximum atomic E-state index is 4.39. The fourth-order valence-corrected chi connectivity index (χ4v) is 1.85. The van der Waals surface area contributed by atoms with E-state index in [4.69, 9.17) is 0 Å². The molecular weight excluding hydrogens is 252 g/mol. The summed E-state index contributed by atoms with van der Waals surface area (Å²) >= 11 is 3.39. The Morgan fingerprint density at radius 3 is 2.93 bits per heavy atom. The minimum absolute atomic E-state index is 0.666. The Kier molecular flexibility index (Phi) is 3.76. The Labute approximate surface area is 99.6 Å². The maximum absolute atomic E-state index is 4.39. The van der Waals surface area contributed by atoms with Crippen LogP contribution in [0.25, 0.3) is 0 Å². The molecule has 0 aromatic carbocycles. The number of rotatable bonds is 5. The lowest BCUT2D eigenvalue weighted by Crippen LogP contribution is -2.24. The van der Waals surface area contributed by atoms with E-state index in [2.05, 4.69) is 45.3 Å². The number of hydrogen-bond acceptors (Lipinski definition) is 2. The highest BCUT2D eigenvalue weighted by Gasteiger charge is 2.20. The first-order valence-electron chi connectivity index (χ1n) is 5.58. The molecule has 1 aromatic rings. The standard InChI is InChI=1S/C12H17BrN2/c1-9(7-14-11-4-5-11)6-12-3-2-10(13)8-15-12/h2-3,8-9,11,14H,4-7H2,1H3. The molecule has 0 spiro atoms. The molecule has 0 bridgehead atoms. The fraction of sp³-hybridized carbons (Fsp3) is 0.583. The molecule has 0 radical (unpaired) electrons. The molecule has 2 rings (SSSR count). The molecule has 0 amide bonds. The zero-order valence-corrected chi connectivity index (χ0v) is 10.6. The van der Waals surface area contributed by atoms with Crippen molar-refractivity contribution in [2.45, 2.75) is 32.2 Å². The van der Waals surface area contributed by atoms with Gasteiger partial charge in [0.15, 0.2) is 0 Å². The molecule has 1 aliphatic rings. The Balaban J connectivity index is 1.76. The number of halogens is 1. The van der Waals surface area contributed by atoms with E-state index in [9.17, 15) is 0 Å². The molecule has 1 fully saturated rings. The summed E-state index contributed by atoms with van der Waals surface area (Å²) in [6.07, 6.45) is 5.66. The number of nitrogens with zero attached hydrogens (tertiary/aromatic N) is 1. The largest absolute Gasteiger partial charge is 0.314 e. The first-order chi connectivity index (χ1) is 7.24. The van der Waals surface area contributed by atoms with Crippen LogP contribution >= 0.6 is 15.9 Å². The summed E-state index contributed by atoms with van der Waals surface area (Å²) in [7, 11) is 0. The molecule has 0 aliphatic heterocycles. The zero-order valence-electron chi connectivity index (χ0n) is 9.04. The number of aromatic nitrogens is 1. The third-order valence-corrected chi connectivity index (χ3v) is 3.15. The van der Waals surface area contributed by atoms with Gasteiger partial charge in [0.1, 0.15) is 0 Å². The van der Waals surface area contributed by atoms with E-state index in [1.54, 1.807) is 0 Å². The van der Waals surface area contributed by atoms with Crippen LogP contribution in [0.15, 0.2) is 22.8 Å². The van der Waals surface area contributed by atoms with Crippen LogP contribution in [-0.4, -0.2) is 17.6 Å². The average Bonchev–Trinajstić information content (AvgIpc) is 3.02. The summed E-state index contributed by atoms with van der Waals surface area (Å²) in [6, 6.07) is 4.96. The summed E-state index contributed by atoms with van der Waals surface area (Å²) in [5.41, 5.74) is 1.18. The Bertz CT molecular complexity index is 306. The van der Waals surface area contributed by atoms with Crippen LogP contribution in [0.5, 0.6) is 0 Å². The first kappa shape index (κ1) is 11.1. The maximum Gasteiger partial charge on any atom is 0.0413 e. The van der Waals surface area contributed by atoms with E-state index in [1.807, 2.05) is 6.20 Å². The lowest BCUT2D eigenvalue weighted by atomic mass is 10.1. The monoisotopic (exact) mass is 268 g/mol. The molecule has 3 heteroatoms. The molecule has 1 heterocycles. The van der Waals surface area contributed by atoms with Gasteiger partial charge < -0.3 is 5.32 Å². The van der Waals surface area contributed by atoms with Gasteiger partial charge in [0.05, 0.1) is 0 Å². The molecule has 1 aromatic heterocycles. The van der Waals surface area contributed by atoms with E-state index in [0.29, 0.717) is 5.92 Å². The average molecular weight is 269 g/mol. The summed E-state index contributed by atoms with van der Waals surface area (Å²) in [5.74, 6) is 0.666. The molecule has 1 atom stereocenters. The van der Waals surface area contributed by atoms with Crippen molar-refractivity contribution in [3.63, 3.8) is 0 Å². The highest BCUT2D eigenvalue weighted by molar-refractivity contribution is 9.10. The molecule has 1 aliphatic carbocycles. The third kappa shape index (κ3) is 3.92. The van der Waals surface area contributed by atoms with Crippen molar-refractivity contribution in [1.82, 2.24) is 10.3 Å². The molecule has 0 saturated heterocycles. The van der Waals surface area contributed by atoms with Crippen LogP contribution in [-0.2, 0) is 6.42 Å². The molecule has 82 valence electrons. The van der Waals surface area contributed by atoms with Gasteiger partial charge in [-0.2, -0.15) is 0 Å². The molecular formula is C12H17BrN2. The van der Waals surface area contributed by atoms with Gasteiger partial charge in [-0.25, -0.2) is 0 Å². The van der Waals surface area contributed by atoms with Gasteiger partial charge in [-0.15, -0.1) is 0 Å². The van der Waals surface area contributed by atoms with E-state index in [1.165, 1.54) is 18.5 Å².